The van der Waals surface area contributed by atoms with Crippen molar-refractivity contribution in [2.45, 2.75) is 50.4 Å². The summed E-state index contributed by atoms with van der Waals surface area (Å²) in [6.07, 6.45) is 4.67. The molecule has 0 fully saturated rings. The van der Waals surface area contributed by atoms with Gasteiger partial charge in [-0.25, -0.2) is 0 Å². The van der Waals surface area contributed by atoms with E-state index in [0.29, 0.717) is 0 Å². The molecule has 63 heavy (non-hydrogen) atoms. The van der Waals surface area contributed by atoms with Crippen molar-refractivity contribution < 1.29 is 0 Å². The van der Waals surface area contributed by atoms with Gasteiger partial charge in [0.25, 0.3) is 0 Å². The van der Waals surface area contributed by atoms with Gasteiger partial charge >= 0.3 is 0 Å². The summed E-state index contributed by atoms with van der Waals surface area (Å²) in [4.78, 5) is 2.58. The molecule has 0 spiro atoms. The van der Waals surface area contributed by atoms with Gasteiger partial charge in [-0.05, 0) is 146 Å². The molecule has 0 amide bonds. The van der Waals surface area contributed by atoms with Crippen molar-refractivity contribution in [1.82, 2.24) is 0 Å². The third-order valence-electron chi connectivity index (χ3n) is 14.6. The van der Waals surface area contributed by atoms with E-state index >= 15 is 0 Å². The number of benzene rings is 9. The number of nitrogens with zero attached hydrogens (tertiary/aromatic N) is 1. The van der Waals surface area contributed by atoms with E-state index in [0.717, 1.165) is 24.2 Å². The second-order valence-electron chi connectivity index (χ2n) is 18.2. The molecule has 302 valence electrons. The normalized spacial score (nSPS) is 14.8. The van der Waals surface area contributed by atoms with Crippen molar-refractivity contribution >= 4 is 17.1 Å². The zero-order valence-corrected chi connectivity index (χ0v) is 36.0. The van der Waals surface area contributed by atoms with Gasteiger partial charge in [-0.3, -0.25) is 0 Å². The summed E-state index contributed by atoms with van der Waals surface area (Å²) in [7, 11) is 0. The Labute approximate surface area is 372 Å². The molecule has 1 nitrogen and oxygen atoms in total. The second kappa shape index (κ2) is 14.7. The maximum Gasteiger partial charge on any atom is 0.0714 e. The van der Waals surface area contributed by atoms with Crippen molar-refractivity contribution in [2.75, 3.05) is 4.90 Å². The van der Waals surface area contributed by atoms with Crippen LogP contribution in [0.25, 0.3) is 44.5 Å². The van der Waals surface area contributed by atoms with Crippen LogP contribution in [0.15, 0.2) is 212 Å². The third-order valence-corrected chi connectivity index (χ3v) is 14.6. The smallest absolute Gasteiger partial charge is 0.0714 e. The fourth-order valence-corrected chi connectivity index (χ4v) is 11.6. The molecule has 3 aliphatic carbocycles. The van der Waals surface area contributed by atoms with Gasteiger partial charge in [0, 0.05) is 22.4 Å². The van der Waals surface area contributed by atoms with E-state index in [1.54, 1.807) is 0 Å². The molecule has 1 heteroatoms. The lowest BCUT2D eigenvalue weighted by atomic mass is 9.67. The summed E-state index contributed by atoms with van der Waals surface area (Å²) in [5, 5.41) is 0. The van der Waals surface area contributed by atoms with Gasteiger partial charge in [-0.2, -0.15) is 0 Å². The number of rotatable bonds is 7. The van der Waals surface area contributed by atoms with Crippen LogP contribution < -0.4 is 4.90 Å². The Morgan fingerprint density at radius 1 is 0.365 bits per heavy atom. The Morgan fingerprint density at radius 2 is 0.921 bits per heavy atom. The summed E-state index contributed by atoms with van der Waals surface area (Å²) < 4.78 is 0. The first-order valence-corrected chi connectivity index (χ1v) is 22.7. The van der Waals surface area contributed by atoms with Crippen LogP contribution >= 0.6 is 0 Å². The number of hydrogen-bond acceptors (Lipinski definition) is 1. The lowest BCUT2D eigenvalue weighted by Gasteiger charge is -2.36. The van der Waals surface area contributed by atoms with Gasteiger partial charge < -0.3 is 4.90 Å². The Kier molecular flexibility index (Phi) is 8.76. The SMILES string of the molecule is CC1(C)c2ccccc2-c2ccc(N(c3ccc(-c4ccccc4)cc3)c3cc4c(cc3-c3cccc5c3CCCC5)-c3ccccc3C4(c3ccccc3)c3ccccc3)cc21. The van der Waals surface area contributed by atoms with E-state index in [9.17, 15) is 0 Å². The maximum atomic E-state index is 2.59. The average molecular weight is 808 g/mol. The molecular weight excluding hydrogens is 759 g/mol. The summed E-state index contributed by atoms with van der Waals surface area (Å²) in [6, 6.07) is 80.1. The van der Waals surface area contributed by atoms with Gasteiger partial charge in [0.15, 0.2) is 0 Å². The molecule has 0 heterocycles. The molecule has 0 bridgehead atoms. The maximum absolute atomic E-state index is 2.59. The average Bonchev–Trinajstić information content (AvgIpc) is 3.77. The molecule has 0 saturated carbocycles. The van der Waals surface area contributed by atoms with Crippen LogP contribution in [0.5, 0.6) is 0 Å². The number of hydrogen-bond donors (Lipinski definition) is 0. The first-order chi connectivity index (χ1) is 31.0. The second-order valence-corrected chi connectivity index (χ2v) is 18.2. The van der Waals surface area contributed by atoms with Crippen LogP contribution in [0.4, 0.5) is 17.1 Å². The van der Waals surface area contributed by atoms with Crippen molar-refractivity contribution in [1.29, 1.82) is 0 Å². The number of fused-ring (bicyclic) bond motifs is 7. The van der Waals surface area contributed by atoms with Crippen LogP contribution in [-0.2, 0) is 23.7 Å². The lowest BCUT2D eigenvalue weighted by molar-refractivity contribution is 0.660. The summed E-state index contributed by atoms with van der Waals surface area (Å²) in [5.41, 5.74) is 24.0. The quantitative estimate of drug-likeness (QED) is 0.155. The van der Waals surface area contributed by atoms with Crippen LogP contribution in [0.3, 0.4) is 0 Å². The van der Waals surface area contributed by atoms with E-state index in [2.05, 4.69) is 231 Å². The predicted octanol–water partition coefficient (Wildman–Crippen LogP) is 16.0. The van der Waals surface area contributed by atoms with Crippen LogP contribution in [0.2, 0.25) is 0 Å². The predicted molar refractivity (Wildman–Crippen MR) is 264 cm³/mol. The molecule has 12 rings (SSSR count). The Morgan fingerprint density at radius 3 is 1.63 bits per heavy atom. The van der Waals surface area contributed by atoms with Crippen molar-refractivity contribution in [3.8, 4) is 44.5 Å². The van der Waals surface area contributed by atoms with E-state index in [4.69, 9.17) is 0 Å². The van der Waals surface area contributed by atoms with Crippen molar-refractivity contribution in [3.63, 3.8) is 0 Å². The first kappa shape index (κ1) is 37.5. The minimum atomic E-state index is -0.539. The van der Waals surface area contributed by atoms with E-state index in [1.165, 1.54) is 108 Å². The van der Waals surface area contributed by atoms with Gasteiger partial charge in [-0.1, -0.05) is 190 Å². The van der Waals surface area contributed by atoms with Crippen molar-refractivity contribution in [2.24, 2.45) is 0 Å². The Balaban J connectivity index is 1.19. The molecule has 0 atom stereocenters. The van der Waals surface area contributed by atoms with Gasteiger partial charge in [0.2, 0.25) is 0 Å². The minimum Gasteiger partial charge on any atom is -0.310 e. The molecule has 9 aromatic rings. The standard InChI is InChI=1S/C62H49N/c1-61(2)56-31-16-14-28-51(56)53-38-37-48(39-58(53)61)63(47-35-33-43(34-36-47)42-19-6-3-7-20-42)60-41-59-54(40-55(60)50-30-18-22-44-21-12-13-27-49(44)50)52-29-15-17-32-57(52)62(59,45-23-8-4-9-24-45)46-25-10-5-11-26-46/h3-11,14-20,22-26,28-41H,12-13,21,27H2,1-2H3. The van der Waals surface area contributed by atoms with E-state index in [1.807, 2.05) is 0 Å². The Bertz CT molecular complexity index is 3140. The molecule has 0 aromatic heterocycles. The molecule has 0 radical (unpaired) electrons. The fraction of sp³-hybridized carbons (Fsp3) is 0.129. The highest BCUT2D eigenvalue weighted by molar-refractivity contribution is 5.98. The zero-order chi connectivity index (χ0) is 42.1. The Hall–Kier alpha value is -7.22. The zero-order valence-electron chi connectivity index (χ0n) is 36.0. The van der Waals surface area contributed by atoms with Gasteiger partial charge in [0.05, 0.1) is 11.1 Å². The van der Waals surface area contributed by atoms with Crippen LogP contribution in [0, 0.1) is 0 Å². The molecular formula is C62H49N. The largest absolute Gasteiger partial charge is 0.310 e. The monoisotopic (exact) mass is 807 g/mol. The topological polar surface area (TPSA) is 3.24 Å². The molecule has 0 aliphatic heterocycles. The lowest BCUT2D eigenvalue weighted by Crippen LogP contribution is -2.28. The number of anilines is 3. The molecule has 0 N–H and O–H groups in total. The van der Waals surface area contributed by atoms with Gasteiger partial charge in [-0.15, -0.1) is 0 Å². The van der Waals surface area contributed by atoms with Crippen LogP contribution in [-0.4, -0.2) is 0 Å². The summed E-state index contributed by atoms with van der Waals surface area (Å²) in [5.74, 6) is 0. The van der Waals surface area contributed by atoms with Crippen LogP contribution in [0.1, 0.15) is 71.2 Å². The molecule has 9 aromatic carbocycles. The molecule has 0 unspecified atom stereocenters. The third kappa shape index (κ3) is 5.76. The minimum absolute atomic E-state index is 0.151. The van der Waals surface area contributed by atoms with Gasteiger partial charge in [0.1, 0.15) is 0 Å². The highest BCUT2D eigenvalue weighted by Crippen LogP contribution is 2.60. The van der Waals surface area contributed by atoms with Crippen molar-refractivity contribution in [3.05, 3.63) is 257 Å². The summed E-state index contributed by atoms with van der Waals surface area (Å²) in [6.45, 7) is 4.78. The molecule has 0 saturated heterocycles. The van der Waals surface area contributed by atoms with E-state index < -0.39 is 5.41 Å². The fourth-order valence-electron chi connectivity index (χ4n) is 11.6. The highest BCUT2D eigenvalue weighted by Gasteiger charge is 2.47. The first-order valence-electron chi connectivity index (χ1n) is 22.7. The summed E-state index contributed by atoms with van der Waals surface area (Å²) >= 11 is 0. The molecule has 3 aliphatic rings. The van der Waals surface area contributed by atoms with E-state index in [-0.39, 0.29) is 5.41 Å². The highest BCUT2D eigenvalue weighted by atomic mass is 15.1. The number of aryl methyl sites for hydroxylation is 1.